The number of hydrogen-bond donors (Lipinski definition) is 2. The van der Waals surface area contributed by atoms with Crippen LogP contribution < -0.4 is 10.6 Å². The molecule has 1 aromatic rings. The molecule has 116 valence electrons. The summed E-state index contributed by atoms with van der Waals surface area (Å²) in [5.41, 5.74) is 2.10. The van der Waals surface area contributed by atoms with Crippen molar-refractivity contribution in [3.05, 3.63) is 33.8 Å². The Bertz CT molecular complexity index is 639. The molecule has 0 spiro atoms. The van der Waals surface area contributed by atoms with Gasteiger partial charge in [0.05, 0.1) is 11.8 Å². The number of carbonyl (C=O) groups is 3. The second-order valence-corrected chi connectivity index (χ2v) is 6.58. The van der Waals surface area contributed by atoms with Gasteiger partial charge >= 0.3 is 6.03 Å². The number of nitrogens with zero attached hydrogens (tertiary/aromatic N) is 1. The summed E-state index contributed by atoms with van der Waals surface area (Å²) in [6.45, 7) is 2.98. The Kier molecular flexibility index (Phi) is 3.90. The maximum atomic E-state index is 12.2. The highest BCUT2D eigenvalue weighted by Gasteiger charge is 2.48. The highest BCUT2D eigenvalue weighted by atomic mass is 79.9. The van der Waals surface area contributed by atoms with E-state index in [2.05, 4.69) is 26.6 Å². The van der Waals surface area contributed by atoms with Crippen LogP contribution in [-0.4, -0.2) is 35.8 Å². The maximum absolute atomic E-state index is 12.2. The Balaban J connectivity index is 1.61. The van der Waals surface area contributed by atoms with Crippen molar-refractivity contribution in [2.75, 3.05) is 13.1 Å². The number of hydrogen-bond acceptors (Lipinski definition) is 3. The van der Waals surface area contributed by atoms with Gasteiger partial charge in [-0.3, -0.25) is 14.9 Å². The molecule has 0 radical (unpaired) electrons. The van der Waals surface area contributed by atoms with Crippen LogP contribution in [0.5, 0.6) is 0 Å². The lowest BCUT2D eigenvalue weighted by atomic mass is 10.00. The Morgan fingerprint density at radius 3 is 2.59 bits per heavy atom. The van der Waals surface area contributed by atoms with Gasteiger partial charge in [-0.2, -0.15) is 0 Å². The number of halogens is 1. The SMILES string of the molecule is Cc1ccc(Br)c(CNC(=O)N2C[C@@H]3C(=O)NC(=O)[C@@H]3C2)c1. The monoisotopic (exact) mass is 365 g/mol. The van der Waals surface area contributed by atoms with Crippen LogP contribution in [0.25, 0.3) is 0 Å². The first-order valence-corrected chi connectivity index (χ1v) is 7.87. The molecule has 2 heterocycles. The number of rotatable bonds is 2. The number of nitrogens with one attached hydrogen (secondary N) is 2. The lowest BCUT2D eigenvalue weighted by Gasteiger charge is -2.18. The molecule has 0 saturated carbocycles. The molecular weight excluding hydrogens is 350 g/mol. The van der Waals surface area contributed by atoms with Crippen molar-refractivity contribution in [2.45, 2.75) is 13.5 Å². The lowest BCUT2D eigenvalue weighted by molar-refractivity contribution is -0.126. The van der Waals surface area contributed by atoms with Gasteiger partial charge in [-0.1, -0.05) is 33.6 Å². The molecule has 0 aromatic heterocycles. The van der Waals surface area contributed by atoms with Crippen molar-refractivity contribution in [2.24, 2.45) is 11.8 Å². The first-order chi connectivity index (χ1) is 10.5. The molecule has 0 bridgehead atoms. The molecule has 1 aromatic carbocycles. The molecule has 2 aliphatic rings. The first-order valence-electron chi connectivity index (χ1n) is 7.08. The molecule has 2 fully saturated rings. The van der Waals surface area contributed by atoms with Crippen molar-refractivity contribution in [3.8, 4) is 0 Å². The van der Waals surface area contributed by atoms with E-state index < -0.39 is 11.8 Å². The minimum absolute atomic E-state index is 0.247. The van der Waals surface area contributed by atoms with E-state index in [0.29, 0.717) is 19.6 Å². The summed E-state index contributed by atoms with van der Waals surface area (Å²) in [5.74, 6) is -1.34. The number of aryl methyl sites for hydroxylation is 1. The second kappa shape index (κ2) is 5.72. The van der Waals surface area contributed by atoms with Crippen LogP contribution in [0, 0.1) is 18.8 Å². The maximum Gasteiger partial charge on any atom is 0.317 e. The highest BCUT2D eigenvalue weighted by molar-refractivity contribution is 9.10. The van der Waals surface area contributed by atoms with Gasteiger partial charge in [0.25, 0.3) is 0 Å². The Morgan fingerprint density at radius 2 is 1.95 bits per heavy atom. The summed E-state index contributed by atoms with van der Waals surface area (Å²) in [6, 6.07) is 5.69. The van der Waals surface area contributed by atoms with Crippen LogP contribution in [0.15, 0.2) is 22.7 Å². The van der Waals surface area contributed by atoms with Crippen molar-refractivity contribution in [1.82, 2.24) is 15.5 Å². The third-order valence-electron chi connectivity index (χ3n) is 4.16. The van der Waals surface area contributed by atoms with Gasteiger partial charge in [0, 0.05) is 24.1 Å². The lowest BCUT2D eigenvalue weighted by Crippen LogP contribution is -2.41. The van der Waals surface area contributed by atoms with Crippen molar-refractivity contribution >= 4 is 33.8 Å². The normalized spacial score (nSPS) is 23.5. The van der Waals surface area contributed by atoms with E-state index in [0.717, 1.165) is 15.6 Å². The molecule has 2 saturated heterocycles. The van der Waals surface area contributed by atoms with Gasteiger partial charge in [0.1, 0.15) is 0 Å². The number of benzene rings is 1. The molecule has 2 atom stereocenters. The molecule has 6 nitrogen and oxygen atoms in total. The zero-order chi connectivity index (χ0) is 15.9. The number of amides is 4. The molecule has 0 aliphatic carbocycles. The first kappa shape index (κ1) is 15.0. The van der Waals surface area contributed by atoms with Gasteiger partial charge in [-0.15, -0.1) is 0 Å². The van der Waals surface area contributed by atoms with Crippen LogP contribution in [0.4, 0.5) is 4.79 Å². The third-order valence-corrected chi connectivity index (χ3v) is 4.93. The van der Waals surface area contributed by atoms with Gasteiger partial charge < -0.3 is 10.2 Å². The molecule has 22 heavy (non-hydrogen) atoms. The van der Waals surface area contributed by atoms with E-state index in [1.807, 2.05) is 25.1 Å². The average molecular weight is 366 g/mol. The number of imide groups is 1. The Labute approximate surface area is 136 Å². The fourth-order valence-electron chi connectivity index (χ4n) is 2.93. The minimum atomic E-state index is -0.399. The van der Waals surface area contributed by atoms with Crippen LogP contribution >= 0.6 is 15.9 Å². The number of likely N-dealkylation sites (tertiary alicyclic amines) is 1. The summed E-state index contributed by atoms with van der Waals surface area (Å²) in [6.07, 6.45) is 0. The summed E-state index contributed by atoms with van der Waals surface area (Å²) < 4.78 is 0.936. The third kappa shape index (κ3) is 2.72. The van der Waals surface area contributed by atoms with Crippen LogP contribution in [0.3, 0.4) is 0 Å². The number of urea groups is 1. The highest BCUT2D eigenvalue weighted by Crippen LogP contribution is 2.28. The van der Waals surface area contributed by atoms with E-state index in [9.17, 15) is 14.4 Å². The Morgan fingerprint density at radius 1 is 1.32 bits per heavy atom. The second-order valence-electron chi connectivity index (χ2n) is 5.73. The zero-order valence-electron chi connectivity index (χ0n) is 12.1. The average Bonchev–Trinajstić information content (AvgIpc) is 3.02. The van der Waals surface area contributed by atoms with E-state index in [1.54, 1.807) is 0 Å². The molecule has 4 amide bonds. The fourth-order valence-corrected chi connectivity index (χ4v) is 3.32. The van der Waals surface area contributed by atoms with E-state index in [-0.39, 0.29) is 17.8 Å². The molecule has 2 N–H and O–H groups in total. The van der Waals surface area contributed by atoms with Gasteiger partial charge in [0.2, 0.25) is 11.8 Å². The molecule has 3 rings (SSSR count). The Hall–Kier alpha value is -1.89. The summed E-state index contributed by atoms with van der Waals surface area (Å²) in [5, 5.41) is 5.15. The predicted octanol–water partition coefficient (Wildman–Crippen LogP) is 1.17. The van der Waals surface area contributed by atoms with Crippen molar-refractivity contribution in [1.29, 1.82) is 0 Å². The number of fused-ring (bicyclic) bond motifs is 1. The van der Waals surface area contributed by atoms with E-state index in [4.69, 9.17) is 0 Å². The van der Waals surface area contributed by atoms with Crippen molar-refractivity contribution in [3.63, 3.8) is 0 Å². The summed E-state index contributed by atoms with van der Waals surface area (Å²) >= 11 is 3.46. The molecule has 0 unspecified atom stereocenters. The number of carbonyl (C=O) groups excluding carboxylic acids is 3. The fraction of sp³-hybridized carbons (Fsp3) is 0.400. The van der Waals surface area contributed by atoms with Crippen LogP contribution in [0.1, 0.15) is 11.1 Å². The molecule has 2 aliphatic heterocycles. The molecular formula is C15H16BrN3O3. The zero-order valence-corrected chi connectivity index (χ0v) is 13.6. The van der Waals surface area contributed by atoms with Gasteiger partial charge in [-0.05, 0) is 18.6 Å². The van der Waals surface area contributed by atoms with Gasteiger partial charge in [-0.25, -0.2) is 4.79 Å². The smallest absolute Gasteiger partial charge is 0.317 e. The van der Waals surface area contributed by atoms with E-state index in [1.165, 1.54) is 4.90 Å². The predicted molar refractivity (Wildman–Crippen MR) is 82.8 cm³/mol. The quantitative estimate of drug-likeness (QED) is 0.772. The van der Waals surface area contributed by atoms with E-state index >= 15 is 0 Å². The van der Waals surface area contributed by atoms with Gasteiger partial charge in [0.15, 0.2) is 0 Å². The minimum Gasteiger partial charge on any atom is -0.334 e. The van der Waals surface area contributed by atoms with Crippen molar-refractivity contribution < 1.29 is 14.4 Å². The summed E-state index contributed by atoms with van der Waals surface area (Å²) in [7, 11) is 0. The van der Waals surface area contributed by atoms with Crippen LogP contribution in [0.2, 0.25) is 0 Å². The standard InChI is InChI=1S/C15H16BrN3O3/c1-8-2-3-12(16)9(4-8)5-17-15(22)19-6-10-11(7-19)14(21)18-13(10)20/h2-4,10-11H,5-7H2,1H3,(H,17,22)(H,18,20,21)/t10-,11+. The largest absolute Gasteiger partial charge is 0.334 e. The summed E-state index contributed by atoms with van der Waals surface area (Å²) in [4.78, 5) is 37.0. The van der Waals surface area contributed by atoms with Crippen LogP contribution in [-0.2, 0) is 16.1 Å². The molecule has 7 heteroatoms. The topological polar surface area (TPSA) is 78.5 Å².